The lowest BCUT2D eigenvalue weighted by Gasteiger charge is -2.32. The van der Waals surface area contributed by atoms with Crippen LogP contribution in [0.25, 0.3) is 0 Å². The van der Waals surface area contributed by atoms with Crippen LogP contribution >= 0.6 is 0 Å². The smallest absolute Gasteiger partial charge is 0.244 e. The Morgan fingerprint density at radius 1 is 1.00 bits per heavy atom. The maximum atomic E-state index is 13.5. The van der Waals surface area contributed by atoms with Gasteiger partial charge in [-0.1, -0.05) is 70.2 Å². The monoisotopic (exact) mass is 487 g/mol. The molecule has 7 nitrogen and oxygen atoms in total. The lowest BCUT2D eigenvalue weighted by Crippen LogP contribution is -2.52. The van der Waals surface area contributed by atoms with Gasteiger partial charge in [-0.2, -0.15) is 0 Å². The fourth-order valence-electron chi connectivity index (χ4n) is 3.80. The van der Waals surface area contributed by atoms with Crippen molar-refractivity contribution in [1.82, 2.24) is 10.2 Å². The van der Waals surface area contributed by atoms with E-state index in [9.17, 15) is 18.0 Å². The van der Waals surface area contributed by atoms with Crippen LogP contribution in [0.3, 0.4) is 0 Å². The van der Waals surface area contributed by atoms with Crippen molar-refractivity contribution in [3.05, 3.63) is 65.7 Å². The van der Waals surface area contributed by atoms with Crippen molar-refractivity contribution in [3.8, 4) is 0 Å². The highest BCUT2D eigenvalue weighted by atomic mass is 32.2. The van der Waals surface area contributed by atoms with E-state index in [0.29, 0.717) is 25.1 Å². The first-order chi connectivity index (χ1) is 15.9. The van der Waals surface area contributed by atoms with Gasteiger partial charge in [0.25, 0.3) is 0 Å². The Morgan fingerprint density at radius 2 is 1.59 bits per heavy atom. The Bertz CT molecular complexity index is 1060. The quantitative estimate of drug-likeness (QED) is 0.557. The molecule has 0 saturated heterocycles. The average Bonchev–Trinajstić information content (AvgIpc) is 2.79. The van der Waals surface area contributed by atoms with Crippen LogP contribution in [0.2, 0.25) is 0 Å². The van der Waals surface area contributed by atoms with Crippen LogP contribution < -0.4 is 9.62 Å². The second kappa shape index (κ2) is 11.5. The van der Waals surface area contributed by atoms with E-state index in [2.05, 4.69) is 26.1 Å². The van der Waals surface area contributed by atoms with Crippen LogP contribution in [0.5, 0.6) is 0 Å². The molecule has 0 aliphatic rings. The summed E-state index contributed by atoms with van der Waals surface area (Å²) in [5.74, 6) is -0.693. The fourth-order valence-corrected chi connectivity index (χ4v) is 4.65. The first-order valence-corrected chi connectivity index (χ1v) is 13.4. The second-order valence-corrected chi connectivity index (χ2v) is 11.3. The molecule has 34 heavy (non-hydrogen) atoms. The summed E-state index contributed by atoms with van der Waals surface area (Å²) in [6.07, 6.45) is 2.06. The number of benzene rings is 2. The van der Waals surface area contributed by atoms with Gasteiger partial charge in [0.15, 0.2) is 0 Å². The Morgan fingerprint density at radius 3 is 2.06 bits per heavy atom. The van der Waals surface area contributed by atoms with E-state index in [0.717, 1.165) is 21.7 Å². The van der Waals surface area contributed by atoms with Gasteiger partial charge in [-0.3, -0.25) is 13.9 Å². The Labute approximate surface area is 204 Å². The summed E-state index contributed by atoms with van der Waals surface area (Å²) >= 11 is 0. The summed E-state index contributed by atoms with van der Waals surface area (Å²) in [6.45, 7) is 7.99. The van der Waals surface area contributed by atoms with E-state index >= 15 is 0 Å². The van der Waals surface area contributed by atoms with E-state index in [1.54, 1.807) is 12.1 Å². The van der Waals surface area contributed by atoms with Gasteiger partial charge in [-0.05, 0) is 41.5 Å². The molecule has 0 heterocycles. The molecule has 0 radical (unpaired) electrons. The summed E-state index contributed by atoms with van der Waals surface area (Å²) < 4.78 is 26.4. The van der Waals surface area contributed by atoms with E-state index in [1.165, 1.54) is 11.9 Å². The highest BCUT2D eigenvalue weighted by molar-refractivity contribution is 7.92. The molecule has 2 amide bonds. The van der Waals surface area contributed by atoms with Gasteiger partial charge < -0.3 is 10.2 Å². The highest BCUT2D eigenvalue weighted by Crippen LogP contribution is 2.26. The summed E-state index contributed by atoms with van der Waals surface area (Å²) in [5.41, 5.74) is 2.43. The minimum atomic E-state index is -3.73. The van der Waals surface area contributed by atoms with Crippen molar-refractivity contribution in [2.24, 2.45) is 0 Å². The van der Waals surface area contributed by atoms with Crippen molar-refractivity contribution in [3.63, 3.8) is 0 Å². The molecule has 1 unspecified atom stereocenters. The molecule has 0 aromatic heterocycles. The van der Waals surface area contributed by atoms with E-state index < -0.39 is 22.0 Å². The number of anilines is 1. The van der Waals surface area contributed by atoms with Crippen molar-refractivity contribution < 1.29 is 18.0 Å². The molecular weight excluding hydrogens is 450 g/mol. The molecule has 1 N–H and O–H groups in total. The Balaban J connectivity index is 2.35. The molecule has 1 atom stereocenters. The first kappa shape index (κ1) is 27.4. The van der Waals surface area contributed by atoms with Crippen LogP contribution in [0, 0.1) is 0 Å². The standard InChI is InChI=1S/C26H37N3O4S/c1-7-23(25(31)27-5)28(18-17-20-11-9-8-10-12-20)24(30)19-29(34(6,32)33)22-15-13-21(14-16-22)26(2,3)4/h8-16,23H,7,17-19H2,1-6H3,(H,27,31). The van der Waals surface area contributed by atoms with Crippen LogP contribution in [0.4, 0.5) is 5.69 Å². The number of hydrogen-bond acceptors (Lipinski definition) is 4. The molecule has 0 aliphatic carbocycles. The molecule has 8 heteroatoms. The minimum absolute atomic E-state index is 0.0830. The third-order valence-corrected chi connectivity index (χ3v) is 6.96. The van der Waals surface area contributed by atoms with Gasteiger partial charge in [0.1, 0.15) is 12.6 Å². The van der Waals surface area contributed by atoms with Crippen molar-refractivity contribution in [2.75, 3.05) is 30.7 Å². The Kier molecular flexibility index (Phi) is 9.27. The van der Waals surface area contributed by atoms with Crippen LogP contribution in [-0.4, -0.2) is 57.6 Å². The molecule has 0 saturated carbocycles. The fraction of sp³-hybridized carbons (Fsp3) is 0.462. The van der Waals surface area contributed by atoms with Crippen molar-refractivity contribution >= 4 is 27.5 Å². The highest BCUT2D eigenvalue weighted by Gasteiger charge is 2.31. The third-order valence-electron chi connectivity index (χ3n) is 5.82. The third kappa shape index (κ3) is 7.32. The van der Waals surface area contributed by atoms with Crippen LogP contribution in [-0.2, 0) is 31.4 Å². The topological polar surface area (TPSA) is 86.8 Å². The van der Waals surface area contributed by atoms with E-state index in [4.69, 9.17) is 0 Å². The number of nitrogens with zero attached hydrogens (tertiary/aromatic N) is 2. The lowest BCUT2D eigenvalue weighted by molar-refractivity contribution is -0.139. The maximum Gasteiger partial charge on any atom is 0.244 e. The maximum absolute atomic E-state index is 13.5. The van der Waals surface area contributed by atoms with Crippen molar-refractivity contribution in [1.29, 1.82) is 0 Å². The zero-order valence-corrected chi connectivity index (χ0v) is 21.9. The minimum Gasteiger partial charge on any atom is -0.357 e. The molecule has 0 spiro atoms. The SMILES string of the molecule is CCC(C(=O)NC)N(CCc1ccccc1)C(=O)CN(c1ccc(C(C)(C)C)cc1)S(C)(=O)=O. The van der Waals surface area contributed by atoms with Gasteiger partial charge in [0.2, 0.25) is 21.8 Å². The summed E-state index contributed by atoms with van der Waals surface area (Å²) in [6, 6.07) is 16.2. The number of nitrogens with one attached hydrogen (secondary N) is 1. The first-order valence-electron chi connectivity index (χ1n) is 11.5. The van der Waals surface area contributed by atoms with Gasteiger partial charge in [0, 0.05) is 13.6 Å². The molecule has 2 aromatic rings. The summed E-state index contributed by atoms with van der Waals surface area (Å²) in [5, 5.41) is 2.62. The van der Waals surface area contributed by atoms with Gasteiger partial charge >= 0.3 is 0 Å². The van der Waals surface area contributed by atoms with Crippen LogP contribution in [0.1, 0.15) is 45.2 Å². The molecule has 0 aliphatic heterocycles. The predicted octanol–water partition coefficient (Wildman–Crippen LogP) is 3.35. The van der Waals surface area contributed by atoms with E-state index in [-0.39, 0.29) is 17.9 Å². The van der Waals surface area contributed by atoms with E-state index in [1.807, 2.05) is 49.4 Å². The van der Waals surface area contributed by atoms with Gasteiger partial charge in [0.05, 0.1) is 11.9 Å². The largest absolute Gasteiger partial charge is 0.357 e. The molecule has 186 valence electrons. The molecular formula is C26H37N3O4S. The zero-order chi connectivity index (χ0) is 25.5. The lowest BCUT2D eigenvalue weighted by atomic mass is 9.87. The molecule has 0 fully saturated rings. The van der Waals surface area contributed by atoms with Crippen molar-refractivity contribution in [2.45, 2.75) is 52.0 Å². The zero-order valence-electron chi connectivity index (χ0n) is 21.0. The molecule has 2 rings (SSSR count). The Hall–Kier alpha value is -2.87. The summed E-state index contributed by atoms with van der Waals surface area (Å²) in [4.78, 5) is 27.5. The number of sulfonamides is 1. The number of amides is 2. The average molecular weight is 488 g/mol. The number of likely N-dealkylation sites (N-methyl/N-ethyl adjacent to an activating group) is 1. The molecule has 2 aromatic carbocycles. The number of carbonyl (C=O) groups excluding carboxylic acids is 2. The predicted molar refractivity (Wildman–Crippen MR) is 137 cm³/mol. The molecule has 0 bridgehead atoms. The van der Waals surface area contributed by atoms with Gasteiger partial charge in [-0.25, -0.2) is 8.42 Å². The van der Waals surface area contributed by atoms with Gasteiger partial charge in [-0.15, -0.1) is 0 Å². The number of carbonyl (C=O) groups is 2. The number of hydrogen-bond donors (Lipinski definition) is 1. The summed E-state index contributed by atoms with van der Waals surface area (Å²) in [7, 11) is -2.20. The normalized spacial score (nSPS) is 12.6. The second-order valence-electron chi connectivity index (χ2n) is 9.43. The number of rotatable bonds is 10. The van der Waals surface area contributed by atoms with Crippen LogP contribution in [0.15, 0.2) is 54.6 Å².